The fraction of sp³-hybridized carbons (Fsp3) is 1.00. The van der Waals surface area contributed by atoms with Gasteiger partial charge in [-0.1, -0.05) is 13.8 Å². The zero-order valence-corrected chi connectivity index (χ0v) is 7.72. The molecule has 1 saturated heterocycles. The van der Waals surface area contributed by atoms with E-state index in [4.69, 9.17) is 9.47 Å². The first-order valence-electron chi connectivity index (χ1n) is 4.39. The first-order valence-corrected chi connectivity index (χ1v) is 4.39. The summed E-state index contributed by atoms with van der Waals surface area (Å²) in [4.78, 5) is 0. The number of hydrogen-bond donors (Lipinski definition) is 0. The van der Waals surface area contributed by atoms with Crippen molar-refractivity contribution in [3.63, 3.8) is 0 Å². The number of hydrogen-bond acceptors (Lipinski definition) is 2. The van der Waals surface area contributed by atoms with Gasteiger partial charge in [0.2, 0.25) is 0 Å². The summed E-state index contributed by atoms with van der Waals surface area (Å²) >= 11 is 0. The molecule has 0 N–H and O–H groups in total. The van der Waals surface area contributed by atoms with Crippen LogP contribution in [-0.4, -0.2) is 26.4 Å². The molecule has 2 heteroatoms. The molecule has 0 saturated carbocycles. The lowest BCUT2D eigenvalue weighted by molar-refractivity contribution is -0.182. The molecule has 1 heterocycles. The van der Waals surface area contributed by atoms with Crippen molar-refractivity contribution in [2.24, 2.45) is 5.41 Å². The lowest BCUT2D eigenvalue weighted by Gasteiger charge is -2.45. The van der Waals surface area contributed by atoms with Crippen LogP contribution in [0.1, 0.15) is 26.7 Å². The Labute approximate surface area is 68.9 Å². The average Bonchev–Trinajstić information content (AvgIpc) is 1.96. The first-order chi connectivity index (χ1) is 5.29. The molecule has 0 aliphatic carbocycles. The molecule has 2 nitrogen and oxygen atoms in total. The predicted molar refractivity (Wildman–Crippen MR) is 44.6 cm³/mol. The van der Waals surface area contributed by atoms with E-state index in [9.17, 15) is 0 Å². The molecule has 0 bridgehead atoms. The zero-order chi connectivity index (χ0) is 8.32. The summed E-state index contributed by atoms with van der Waals surface area (Å²) in [6.45, 7) is 6.15. The molecule has 0 amide bonds. The summed E-state index contributed by atoms with van der Waals surface area (Å²) in [7, 11) is 1.80. The lowest BCUT2D eigenvalue weighted by atomic mass is 9.76. The van der Waals surface area contributed by atoms with Gasteiger partial charge in [0.05, 0.1) is 19.3 Å². The average molecular weight is 158 g/mol. The molecular formula is C9H18O2. The third kappa shape index (κ3) is 1.42. The van der Waals surface area contributed by atoms with Gasteiger partial charge in [0, 0.05) is 12.5 Å². The van der Waals surface area contributed by atoms with E-state index in [-0.39, 0.29) is 0 Å². The predicted octanol–water partition coefficient (Wildman–Crippen LogP) is 1.84. The van der Waals surface area contributed by atoms with E-state index in [0.717, 1.165) is 19.6 Å². The van der Waals surface area contributed by atoms with Gasteiger partial charge in [0.15, 0.2) is 0 Å². The van der Waals surface area contributed by atoms with E-state index in [1.54, 1.807) is 7.11 Å². The van der Waals surface area contributed by atoms with Crippen LogP contribution in [0, 0.1) is 5.41 Å². The van der Waals surface area contributed by atoms with Crippen LogP contribution >= 0.6 is 0 Å². The minimum Gasteiger partial charge on any atom is -0.381 e. The molecule has 1 atom stereocenters. The fourth-order valence-corrected chi connectivity index (χ4v) is 1.83. The highest BCUT2D eigenvalue weighted by Gasteiger charge is 2.43. The van der Waals surface area contributed by atoms with Gasteiger partial charge in [-0.15, -0.1) is 0 Å². The number of ether oxygens (including phenoxy) is 2. The van der Waals surface area contributed by atoms with E-state index in [0.29, 0.717) is 11.5 Å². The normalized spacial score (nSPS) is 24.3. The maximum atomic E-state index is 5.42. The van der Waals surface area contributed by atoms with Crippen molar-refractivity contribution in [3.05, 3.63) is 0 Å². The van der Waals surface area contributed by atoms with Crippen molar-refractivity contribution >= 4 is 0 Å². The van der Waals surface area contributed by atoms with Crippen molar-refractivity contribution in [2.75, 3.05) is 20.3 Å². The number of rotatable bonds is 4. The topological polar surface area (TPSA) is 18.5 Å². The van der Waals surface area contributed by atoms with Gasteiger partial charge < -0.3 is 9.47 Å². The Morgan fingerprint density at radius 3 is 2.18 bits per heavy atom. The van der Waals surface area contributed by atoms with Crippen LogP contribution in [0.4, 0.5) is 0 Å². The Morgan fingerprint density at radius 1 is 1.45 bits per heavy atom. The summed E-state index contributed by atoms with van der Waals surface area (Å²) in [5, 5.41) is 0. The smallest absolute Gasteiger partial charge is 0.0669 e. The molecule has 0 spiro atoms. The van der Waals surface area contributed by atoms with Crippen molar-refractivity contribution in [1.82, 2.24) is 0 Å². The Bertz CT molecular complexity index is 109. The largest absolute Gasteiger partial charge is 0.381 e. The molecule has 0 aromatic carbocycles. The Morgan fingerprint density at radius 2 is 2.09 bits per heavy atom. The highest BCUT2D eigenvalue weighted by atomic mass is 16.5. The second kappa shape index (κ2) is 3.55. The Kier molecular flexibility index (Phi) is 2.90. The monoisotopic (exact) mass is 158 g/mol. The molecule has 66 valence electrons. The number of methoxy groups -OCH3 is 1. The van der Waals surface area contributed by atoms with Crippen molar-refractivity contribution in [1.29, 1.82) is 0 Å². The maximum Gasteiger partial charge on any atom is 0.0669 e. The van der Waals surface area contributed by atoms with Gasteiger partial charge in [-0.2, -0.15) is 0 Å². The van der Waals surface area contributed by atoms with Crippen LogP contribution in [0.2, 0.25) is 0 Å². The zero-order valence-electron chi connectivity index (χ0n) is 7.72. The first kappa shape index (κ1) is 9.01. The van der Waals surface area contributed by atoms with E-state index >= 15 is 0 Å². The van der Waals surface area contributed by atoms with E-state index in [1.165, 1.54) is 6.42 Å². The molecule has 1 aliphatic rings. The third-order valence-electron chi connectivity index (χ3n) is 2.82. The maximum absolute atomic E-state index is 5.42. The highest BCUT2D eigenvalue weighted by Crippen LogP contribution is 2.37. The van der Waals surface area contributed by atoms with Gasteiger partial charge in [0.25, 0.3) is 0 Å². The quantitative estimate of drug-likeness (QED) is 0.621. The minimum atomic E-state index is 0.337. The van der Waals surface area contributed by atoms with Crippen LogP contribution in [0.15, 0.2) is 0 Å². The Balaban J connectivity index is 2.51. The molecule has 0 aromatic heterocycles. The standard InChI is InChI=1S/C9H18O2/c1-4-8(10-3)9(5-2)6-11-7-9/h8H,4-7H2,1-3H3. The van der Waals surface area contributed by atoms with E-state index < -0.39 is 0 Å². The highest BCUT2D eigenvalue weighted by molar-refractivity contribution is 4.91. The molecule has 1 aliphatic heterocycles. The molecule has 1 unspecified atom stereocenters. The van der Waals surface area contributed by atoms with Crippen LogP contribution in [0.5, 0.6) is 0 Å². The van der Waals surface area contributed by atoms with Gasteiger partial charge in [-0.25, -0.2) is 0 Å². The van der Waals surface area contributed by atoms with Crippen LogP contribution in [0.25, 0.3) is 0 Å². The third-order valence-corrected chi connectivity index (χ3v) is 2.82. The summed E-state index contributed by atoms with van der Waals surface area (Å²) < 4.78 is 10.7. The molecule has 0 aromatic rings. The van der Waals surface area contributed by atoms with Gasteiger partial charge in [-0.05, 0) is 12.8 Å². The van der Waals surface area contributed by atoms with E-state index in [2.05, 4.69) is 13.8 Å². The van der Waals surface area contributed by atoms with Crippen LogP contribution in [0.3, 0.4) is 0 Å². The van der Waals surface area contributed by atoms with Gasteiger partial charge >= 0.3 is 0 Å². The van der Waals surface area contributed by atoms with Crippen molar-refractivity contribution in [3.8, 4) is 0 Å². The SMILES string of the molecule is CCC(OC)C1(CC)COC1. The van der Waals surface area contributed by atoms with Crippen LogP contribution < -0.4 is 0 Å². The molecule has 0 radical (unpaired) electrons. The van der Waals surface area contributed by atoms with E-state index in [1.807, 2.05) is 0 Å². The van der Waals surface area contributed by atoms with Crippen molar-refractivity contribution < 1.29 is 9.47 Å². The van der Waals surface area contributed by atoms with Crippen LogP contribution in [-0.2, 0) is 9.47 Å². The molecular weight excluding hydrogens is 140 g/mol. The summed E-state index contributed by atoms with van der Waals surface area (Å²) in [6, 6.07) is 0. The fourth-order valence-electron chi connectivity index (χ4n) is 1.83. The minimum absolute atomic E-state index is 0.337. The summed E-state index contributed by atoms with van der Waals surface area (Å²) in [5.41, 5.74) is 0.337. The lowest BCUT2D eigenvalue weighted by Crippen LogP contribution is -2.51. The molecule has 1 fully saturated rings. The Hall–Kier alpha value is -0.0800. The van der Waals surface area contributed by atoms with Gasteiger partial charge in [0.1, 0.15) is 0 Å². The summed E-state index contributed by atoms with van der Waals surface area (Å²) in [6.07, 6.45) is 2.65. The second-order valence-corrected chi connectivity index (χ2v) is 3.34. The molecule has 1 rings (SSSR count). The molecule has 11 heavy (non-hydrogen) atoms. The second-order valence-electron chi connectivity index (χ2n) is 3.34. The summed E-state index contributed by atoms with van der Waals surface area (Å²) in [5.74, 6) is 0. The van der Waals surface area contributed by atoms with Gasteiger partial charge in [-0.3, -0.25) is 0 Å². The van der Waals surface area contributed by atoms with Crippen molar-refractivity contribution in [2.45, 2.75) is 32.8 Å².